The van der Waals surface area contributed by atoms with E-state index in [1.54, 1.807) is 0 Å². The summed E-state index contributed by atoms with van der Waals surface area (Å²) in [6.07, 6.45) is -0.00380. The number of hydrogen-bond acceptors (Lipinski definition) is 2. The van der Waals surface area contributed by atoms with Crippen molar-refractivity contribution in [2.45, 2.75) is 25.5 Å². The highest BCUT2D eigenvalue weighted by Gasteiger charge is 2.31. The van der Waals surface area contributed by atoms with Crippen molar-refractivity contribution in [1.82, 2.24) is 5.32 Å². The molecule has 0 bridgehead atoms. The number of fused-ring (bicyclic) bond motifs is 1. The molecule has 0 saturated heterocycles. The molecule has 3 rings (SSSR count). The minimum absolute atomic E-state index is 0.301. The number of benzene rings is 2. The van der Waals surface area contributed by atoms with Crippen LogP contribution in [0.1, 0.15) is 22.7 Å². The molecule has 4 heteroatoms. The zero-order chi connectivity index (χ0) is 14.8. The minimum atomic E-state index is -0.579. The van der Waals surface area contributed by atoms with Crippen molar-refractivity contribution in [1.29, 1.82) is 0 Å². The SMILES string of the molecule is Cc1ccccc1NC(=O)N[C@@H]1c2ccccc2C[C@@H]1O. The van der Waals surface area contributed by atoms with Crippen LogP contribution in [0.3, 0.4) is 0 Å². The smallest absolute Gasteiger partial charge is 0.319 e. The van der Waals surface area contributed by atoms with Crippen LogP contribution >= 0.6 is 0 Å². The summed E-state index contributed by atoms with van der Waals surface area (Å²) in [6, 6.07) is 14.7. The quantitative estimate of drug-likeness (QED) is 0.793. The number of anilines is 1. The van der Waals surface area contributed by atoms with E-state index in [0.29, 0.717) is 6.42 Å². The number of rotatable bonds is 2. The Morgan fingerprint density at radius 1 is 1.14 bits per heavy atom. The molecule has 0 fully saturated rings. The van der Waals surface area contributed by atoms with Gasteiger partial charge in [-0.1, -0.05) is 42.5 Å². The highest BCUT2D eigenvalue weighted by molar-refractivity contribution is 5.90. The Morgan fingerprint density at radius 2 is 1.86 bits per heavy atom. The van der Waals surface area contributed by atoms with Crippen LogP contribution in [0.25, 0.3) is 0 Å². The maximum absolute atomic E-state index is 12.1. The first kappa shape index (κ1) is 13.6. The summed E-state index contributed by atoms with van der Waals surface area (Å²) in [5, 5.41) is 15.8. The number of carbonyl (C=O) groups excluding carboxylic acids is 1. The average molecular weight is 282 g/mol. The Morgan fingerprint density at radius 3 is 2.67 bits per heavy atom. The first-order valence-electron chi connectivity index (χ1n) is 7.04. The van der Waals surface area contributed by atoms with Crippen molar-refractivity contribution < 1.29 is 9.90 Å². The van der Waals surface area contributed by atoms with Gasteiger partial charge >= 0.3 is 6.03 Å². The van der Waals surface area contributed by atoms with Gasteiger partial charge in [-0.25, -0.2) is 4.79 Å². The van der Waals surface area contributed by atoms with E-state index in [9.17, 15) is 9.90 Å². The summed E-state index contributed by atoms with van der Waals surface area (Å²) in [6.45, 7) is 1.94. The third kappa shape index (κ3) is 2.76. The average Bonchev–Trinajstić information content (AvgIpc) is 2.78. The largest absolute Gasteiger partial charge is 0.390 e. The Kier molecular flexibility index (Phi) is 3.62. The topological polar surface area (TPSA) is 61.4 Å². The molecule has 0 aliphatic heterocycles. The predicted octanol–water partition coefficient (Wildman–Crippen LogP) is 2.77. The van der Waals surface area contributed by atoms with Crippen molar-refractivity contribution in [2.75, 3.05) is 5.32 Å². The highest BCUT2D eigenvalue weighted by Crippen LogP contribution is 2.31. The van der Waals surface area contributed by atoms with Gasteiger partial charge in [-0.05, 0) is 29.7 Å². The number of aryl methyl sites for hydroxylation is 1. The lowest BCUT2D eigenvalue weighted by molar-refractivity contribution is 0.144. The van der Waals surface area contributed by atoms with Gasteiger partial charge in [-0.2, -0.15) is 0 Å². The van der Waals surface area contributed by atoms with Crippen LogP contribution < -0.4 is 10.6 Å². The number of para-hydroxylation sites is 1. The molecule has 2 aromatic carbocycles. The van der Waals surface area contributed by atoms with E-state index in [0.717, 1.165) is 22.4 Å². The van der Waals surface area contributed by atoms with Crippen LogP contribution in [0.4, 0.5) is 10.5 Å². The number of nitrogens with one attached hydrogen (secondary N) is 2. The first-order valence-corrected chi connectivity index (χ1v) is 7.04. The summed E-state index contributed by atoms with van der Waals surface area (Å²) in [5.41, 5.74) is 3.85. The molecule has 0 unspecified atom stereocenters. The molecule has 2 amide bonds. The fourth-order valence-corrected chi connectivity index (χ4v) is 2.76. The zero-order valence-electron chi connectivity index (χ0n) is 11.8. The lowest BCUT2D eigenvalue weighted by Crippen LogP contribution is -2.36. The third-order valence-electron chi connectivity index (χ3n) is 3.88. The molecule has 21 heavy (non-hydrogen) atoms. The van der Waals surface area contributed by atoms with Crippen molar-refractivity contribution >= 4 is 11.7 Å². The Hall–Kier alpha value is -2.33. The second-order valence-corrected chi connectivity index (χ2v) is 5.36. The lowest BCUT2D eigenvalue weighted by Gasteiger charge is -2.19. The van der Waals surface area contributed by atoms with Crippen LogP contribution in [0.15, 0.2) is 48.5 Å². The highest BCUT2D eigenvalue weighted by atomic mass is 16.3. The predicted molar refractivity (Wildman–Crippen MR) is 82.2 cm³/mol. The molecule has 0 heterocycles. The number of aliphatic hydroxyl groups excluding tert-OH is 1. The van der Waals surface area contributed by atoms with Crippen LogP contribution in [0.2, 0.25) is 0 Å². The second-order valence-electron chi connectivity index (χ2n) is 5.36. The molecule has 108 valence electrons. The van der Waals surface area contributed by atoms with E-state index < -0.39 is 6.10 Å². The fourth-order valence-electron chi connectivity index (χ4n) is 2.76. The molecule has 0 radical (unpaired) electrons. The summed E-state index contributed by atoms with van der Waals surface area (Å²) in [7, 11) is 0. The van der Waals surface area contributed by atoms with E-state index in [1.807, 2.05) is 55.5 Å². The van der Waals surface area contributed by atoms with Gasteiger partial charge in [0.05, 0.1) is 12.1 Å². The summed E-state index contributed by atoms with van der Waals surface area (Å²) in [4.78, 5) is 12.1. The maximum atomic E-state index is 12.1. The standard InChI is InChI=1S/C17H18N2O2/c1-11-6-2-5-9-14(11)18-17(21)19-16-13-8-4-3-7-12(13)10-15(16)20/h2-9,15-16,20H,10H2,1H3,(H2,18,19,21)/t15-,16+/m0/s1. The normalized spacial score (nSPS) is 19.9. The molecule has 3 N–H and O–H groups in total. The number of urea groups is 1. The van der Waals surface area contributed by atoms with E-state index >= 15 is 0 Å². The molecule has 0 saturated carbocycles. The van der Waals surface area contributed by atoms with Gasteiger partial charge in [0.1, 0.15) is 0 Å². The molecule has 1 aliphatic carbocycles. The zero-order valence-corrected chi connectivity index (χ0v) is 11.8. The Bertz CT molecular complexity index is 669. The molecule has 2 atom stereocenters. The number of hydrogen-bond donors (Lipinski definition) is 3. The molecular weight excluding hydrogens is 264 g/mol. The van der Waals surface area contributed by atoms with Gasteiger partial charge in [0.15, 0.2) is 0 Å². The van der Waals surface area contributed by atoms with E-state index in [4.69, 9.17) is 0 Å². The summed E-state index contributed by atoms with van der Waals surface area (Å²) >= 11 is 0. The van der Waals surface area contributed by atoms with Crippen LogP contribution in [0, 0.1) is 6.92 Å². The Balaban J connectivity index is 1.72. The fraction of sp³-hybridized carbons (Fsp3) is 0.235. The first-order chi connectivity index (χ1) is 10.1. The molecule has 0 spiro atoms. The minimum Gasteiger partial charge on any atom is -0.390 e. The molecule has 0 aromatic heterocycles. The van der Waals surface area contributed by atoms with E-state index in [-0.39, 0.29) is 12.1 Å². The van der Waals surface area contributed by atoms with Gasteiger partial charge < -0.3 is 15.7 Å². The number of aliphatic hydroxyl groups is 1. The van der Waals surface area contributed by atoms with Crippen LogP contribution in [-0.4, -0.2) is 17.2 Å². The van der Waals surface area contributed by atoms with Crippen LogP contribution in [0.5, 0.6) is 0 Å². The summed E-state index contributed by atoms with van der Waals surface area (Å²) < 4.78 is 0. The van der Waals surface area contributed by atoms with Crippen molar-refractivity contribution in [3.8, 4) is 0 Å². The van der Waals surface area contributed by atoms with Gasteiger partial charge in [0.2, 0.25) is 0 Å². The molecular formula is C17H18N2O2. The van der Waals surface area contributed by atoms with Gasteiger partial charge in [0.25, 0.3) is 0 Å². The lowest BCUT2D eigenvalue weighted by atomic mass is 10.1. The van der Waals surface area contributed by atoms with Gasteiger partial charge in [0, 0.05) is 12.1 Å². The maximum Gasteiger partial charge on any atom is 0.319 e. The monoisotopic (exact) mass is 282 g/mol. The van der Waals surface area contributed by atoms with Gasteiger partial charge in [-0.3, -0.25) is 0 Å². The number of amides is 2. The molecule has 1 aliphatic rings. The van der Waals surface area contributed by atoms with Crippen molar-refractivity contribution in [2.24, 2.45) is 0 Å². The Labute approximate surface area is 123 Å². The molecule has 4 nitrogen and oxygen atoms in total. The van der Waals surface area contributed by atoms with Crippen molar-refractivity contribution in [3.63, 3.8) is 0 Å². The van der Waals surface area contributed by atoms with Crippen LogP contribution in [-0.2, 0) is 6.42 Å². The molecule has 2 aromatic rings. The van der Waals surface area contributed by atoms with Gasteiger partial charge in [-0.15, -0.1) is 0 Å². The number of carbonyl (C=O) groups is 1. The second kappa shape index (κ2) is 5.58. The third-order valence-corrected chi connectivity index (χ3v) is 3.88. The van der Waals surface area contributed by atoms with E-state index in [2.05, 4.69) is 10.6 Å². The summed E-state index contributed by atoms with van der Waals surface area (Å²) in [5.74, 6) is 0. The van der Waals surface area contributed by atoms with E-state index in [1.165, 1.54) is 0 Å². The van der Waals surface area contributed by atoms with Crippen molar-refractivity contribution in [3.05, 3.63) is 65.2 Å².